The van der Waals surface area contributed by atoms with Crippen molar-refractivity contribution >= 4 is 35.7 Å². The Morgan fingerprint density at radius 1 is 1.55 bits per heavy atom. The summed E-state index contributed by atoms with van der Waals surface area (Å²) < 4.78 is 5.12. The van der Waals surface area contributed by atoms with Gasteiger partial charge in [-0.25, -0.2) is 0 Å². The summed E-state index contributed by atoms with van der Waals surface area (Å²) in [7, 11) is 0. The fourth-order valence-corrected chi connectivity index (χ4v) is 1.55. The topological polar surface area (TPSA) is 62.6 Å². The van der Waals surface area contributed by atoms with Crippen LogP contribution in [0.4, 0.5) is 0 Å². The molecule has 1 aromatic rings. The van der Waals surface area contributed by atoms with Gasteiger partial charge < -0.3 is 4.42 Å². The van der Waals surface area contributed by atoms with E-state index in [4.69, 9.17) is 16.6 Å². The zero-order valence-electron chi connectivity index (χ0n) is 11.3. The van der Waals surface area contributed by atoms with Crippen LogP contribution in [0.3, 0.4) is 0 Å². The van der Waals surface area contributed by atoms with E-state index in [0.717, 1.165) is 0 Å². The van der Waals surface area contributed by atoms with E-state index >= 15 is 0 Å². The van der Waals surface area contributed by atoms with Crippen molar-refractivity contribution in [1.29, 1.82) is 0 Å². The Labute approximate surface area is 122 Å². The van der Waals surface area contributed by atoms with Gasteiger partial charge in [0.15, 0.2) is 5.11 Å². The molecule has 20 heavy (non-hydrogen) atoms. The number of carbonyl (C=O) groups excluding carboxylic acids is 2. The third kappa shape index (κ3) is 4.81. The van der Waals surface area contributed by atoms with Crippen LogP contribution < -0.4 is 5.32 Å². The van der Waals surface area contributed by atoms with Gasteiger partial charge in [0.05, 0.1) is 6.26 Å². The molecule has 0 spiro atoms. The standard InChI is InChI=1S/C14H16N2O3S/c1-3-16(10-17)14(20)15-13(18)11(2)6-4-7-12-8-5-9-19-12/h4-10H,3H2,1-2H3,(H,15,18,20)/b7-4+,11-6-. The number of carbonyl (C=O) groups is 2. The Hall–Kier alpha value is -2.21. The number of nitrogens with zero attached hydrogens (tertiary/aromatic N) is 1. The summed E-state index contributed by atoms with van der Waals surface area (Å²) in [5, 5.41) is 2.58. The van der Waals surface area contributed by atoms with Gasteiger partial charge in [0.2, 0.25) is 6.41 Å². The van der Waals surface area contributed by atoms with Gasteiger partial charge in [-0.1, -0.05) is 12.2 Å². The molecule has 0 unspecified atom stereocenters. The average Bonchev–Trinajstić information content (AvgIpc) is 2.93. The van der Waals surface area contributed by atoms with Crippen LogP contribution in [0.5, 0.6) is 0 Å². The highest BCUT2D eigenvalue weighted by Gasteiger charge is 2.10. The summed E-state index contributed by atoms with van der Waals surface area (Å²) in [6.07, 6.45) is 7.23. The van der Waals surface area contributed by atoms with Crippen LogP contribution in [-0.4, -0.2) is 28.9 Å². The van der Waals surface area contributed by atoms with Crippen LogP contribution in [0, 0.1) is 0 Å². The van der Waals surface area contributed by atoms with Gasteiger partial charge in [-0.3, -0.25) is 19.8 Å². The van der Waals surface area contributed by atoms with Gasteiger partial charge in [-0.15, -0.1) is 0 Å². The minimum Gasteiger partial charge on any atom is -0.465 e. The molecule has 0 atom stereocenters. The summed E-state index contributed by atoms with van der Waals surface area (Å²) in [5.74, 6) is 0.350. The second-order valence-electron chi connectivity index (χ2n) is 3.87. The third-order valence-electron chi connectivity index (χ3n) is 2.46. The first kappa shape index (κ1) is 15.8. The molecule has 0 saturated carbocycles. The molecule has 1 aromatic heterocycles. The lowest BCUT2D eigenvalue weighted by molar-refractivity contribution is -0.116. The largest absolute Gasteiger partial charge is 0.465 e. The molecule has 106 valence electrons. The Kier molecular flexibility index (Phi) is 6.39. The maximum Gasteiger partial charge on any atom is 0.253 e. The van der Waals surface area contributed by atoms with Crippen molar-refractivity contribution in [1.82, 2.24) is 10.2 Å². The number of thiocarbonyl (C=S) groups is 1. The fraction of sp³-hybridized carbons (Fsp3) is 0.214. The average molecular weight is 292 g/mol. The molecule has 0 saturated heterocycles. The Morgan fingerprint density at radius 2 is 2.30 bits per heavy atom. The molecule has 1 heterocycles. The molecule has 0 bridgehead atoms. The Morgan fingerprint density at radius 3 is 2.85 bits per heavy atom. The van der Waals surface area contributed by atoms with Crippen LogP contribution in [0.2, 0.25) is 0 Å². The highest BCUT2D eigenvalue weighted by atomic mass is 32.1. The smallest absolute Gasteiger partial charge is 0.253 e. The summed E-state index contributed by atoms with van der Waals surface area (Å²) >= 11 is 4.95. The van der Waals surface area contributed by atoms with E-state index in [1.54, 1.807) is 50.5 Å². The number of hydrogen-bond acceptors (Lipinski definition) is 4. The second-order valence-corrected chi connectivity index (χ2v) is 4.26. The lowest BCUT2D eigenvalue weighted by atomic mass is 10.2. The highest BCUT2D eigenvalue weighted by molar-refractivity contribution is 7.80. The monoisotopic (exact) mass is 292 g/mol. The summed E-state index contributed by atoms with van der Waals surface area (Å²) in [6, 6.07) is 3.58. The molecular weight excluding hydrogens is 276 g/mol. The van der Waals surface area contributed by atoms with Crippen molar-refractivity contribution in [2.45, 2.75) is 13.8 Å². The summed E-state index contributed by atoms with van der Waals surface area (Å²) in [5.41, 5.74) is 0.470. The van der Waals surface area contributed by atoms with E-state index in [9.17, 15) is 9.59 Å². The van der Waals surface area contributed by atoms with Gasteiger partial charge in [0.25, 0.3) is 5.91 Å². The minimum absolute atomic E-state index is 0.0928. The van der Waals surface area contributed by atoms with Crippen molar-refractivity contribution in [2.75, 3.05) is 6.54 Å². The van der Waals surface area contributed by atoms with Gasteiger partial charge in [0.1, 0.15) is 5.76 Å². The molecule has 0 radical (unpaired) electrons. The highest BCUT2D eigenvalue weighted by Crippen LogP contribution is 2.03. The van der Waals surface area contributed by atoms with Crippen molar-refractivity contribution in [3.63, 3.8) is 0 Å². The lowest BCUT2D eigenvalue weighted by Gasteiger charge is -2.16. The predicted molar refractivity (Wildman–Crippen MR) is 80.7 cm³/mol. The van der Waals surface area contributed by atoms with Crippen molar-refractivity contribution in [2.24, 2.45) is 0 Å². The SMILES string of the molecule is CCN(C=O)C(=S)NC(=O)/C(C)=C\C=C\c1ccco1. The number of hydrogen-bond donors (Lipinski definition) is 1. The molecule has 0 aliphatic carbocycles. The van der Waals surface area contributed by atoms with E-state index < -0.39 is 0 Å². The molecule has 0 aliphatic rings. The van der Waals surface area contributed by atoms with Crippen LogP contribution in [0.1, 0.15) is 19.6 Å². The first-order valence-electron chi connectivity index (χ1n) is 6.04. The molecule has 6 heteroatoms. The molecule has 2 amide bonds. The van der Waals surface area contributed by atoms with Crippen LogP contribution in [0.25, 0.3) is 6.08 Å². The number of amides is 2. The van der Waals surface area contributed by atoms with E-state index in [1.807, 2.05) is 0 Å². The second kappa shape index (κ2) is 8.06. The van der Waals surface area contributed by atoms with Crippen LogP contribution in [-0.2, 0) is 9.59 Å². The molecule has 0 aromatic carbocycles. The minimum atomic E-state index is -0.348. The molecule has 5 nitrogen and oxygen atoms in total. The normalized spacial score (nSPS) is 11.4. The van der Waals surface area contributed by atoms with Crippen molar-refractivity contribution in [3.05, 3.63) is 41.9 Å². The first-order chi connectivity index (χ1) is 9.58. The third-order valence-corrected chi connectivity index (χ3v) is 2.79. The molecule has 0 aliphatic heterocycles. The zero-order valence-corrected chi connectivity index (χ0v) is 12.1. The van der Waals surface area contributed by atoms with E-state index in [1.165, 1.54) is 4.90 Å². The van der Waals surface area contributed by atoms with E-state index in [2.05, 4.69) is 5.32 Å². The predicted octanol–water partition coefficient (Wildman–Crippen LogP) is 2.12. The van der Waals surface area contributed by atoms with Gasteiger partial charge in [-0.2, -0.15) is 0 Å². The van der Waals surface area contributed by atoms with Gasteiger partial charge >= 0.3 is 0 Å². The quantitative estimate of drug-likeness (QED) is 0.391. The zero-order chi connectivity index (χ0) is 15.0. The molecule has 1 rings (SSSR count). The van der Waals surface area contributed by atoms with Crippen molar-refractivity contribution in [3.8, 4) is 0 Å². The van der Waals surface area contributed by atoms with Crippen molar-refractivity contribution < 1.29 is 14.0 Å². The number of nitrogens with one attached hydrogen (secondary N) is 1. The molecular formula is C14H16N2O3S. The van der Waals surface area contributed by atoms with Gasteiger partial charge in [0, 0.05) is 12.1 Å². The van der Waals surface area contributed by atoms with Crippen LogP contribution >= 0.6 is 12.2 Å². The maximum absolute atomic E-state index is 11.8. The van der Waals surface area contributed by atoms with E-state index in [-0.39, 0.29) is 11.0 Å². The van der Waals surface area contributed by atoms with Crippen LogP contribution in [0.15, 0.2) is 40.5 Å². The fourth-order valence-electron chi connectivity index (χ4n) is 1.28. The Balaban J connectivity index is 2.58. The maximum atomic E-state index is 11.8. The molecule has 0 fully saturated rings. The Bertz CT molecular complexity index is 533. The first-order valence-corrected chi connectivity index (χ1v) is 6.45. The van der Waals surface area contributed by atoms with E-state index in [0.29, 0.717) is 24.3 Å². The summed E-state index contributed by atoms with van der Waals surface area (Å²) in [4.78, 5) is 23.7. The lowest BCUT2D eigenvalue weighted by Crippen LogP contribution is -2.42. The summed E-state index contributed by atoms with van der Waals surface area (Å²) in [6.45, 7) is 3.83. The number of rotatable bonds is 5. The molecule has 1 N–H and O–H groups in total. The number of allylic oxidation sites excluding steroid dienone is 2. The number of furan rings is 1. The van der Waals surface area contributed by atoms with Gasteiger partial charge in [-0.05, 0) is 44.3 Å².